The van der Waals surface area contributed by atoms with E-state index in [-0.39, 0.29) is 23.6 Å². The van der Waals surface area contributed by atoms with E-state index in [1.54, 1.807) is 4.90 Å². The Bertz CT molecular complexity index is 687. The van der Waals surface area contributed by atoms with Crippen molar-refractivity contribution < 1.29 is 13.2 Å². The van der Waals surface area contributed by atoms with Gasteiger partial charge in [-0.05, 0) is 24.6 Å². The number of nitrogens with one attached hydrogen (secondary N) is 1. The Kier molecular flexibility index (Phi) is 4.68. The minimum Gasteiger partial charge on any atom is -0.368 e. The van der Waals surface area contributed by atoms with Gasteiger partial charge in [-0.1, -0.05) is 17.7 Å². The second kappa shape index (κ2) is 6.57. The molecule has 0 aromatic heterocycles. The van der Waals surface area contributed by atoms with Crippen molar-refractivity contribution in [3.8, 4) is 0 Å². The van der Waals surface area contributed by atoms with Crippen LogP contribution in [0.4, 0.5) is 10.5 Å². The lowest BCUT2D eigenvalue weighted by Gasteiger charge is -2.36. The van der Waals surface area contributed by atoms with Crippen molar-refractivity contribution in [2.24, 2.45) is 0 Å². The van der Waals surface area contributed by atoms with Gasteiger partial charge in [-0.2, -0.15) is 0 Å². The fourth-order valence-corrected chi connectivity index (χ4v) is 4.87. The Morgan fingerprint density at radius 3 is 2.57 bits per heavy atom. The average Bonchev–Trinajstić information content (AvgIpc) is 2.86. The number of hydrogen-bond donors (Lipinski definition) is 1. The maximum atomic E-state index is 12.2. The van der Waals surface area contributed by atoms with Crippen molar-refractivity contribution in [3.63, 3.8) is 0 Å². The van der Waals surface area contributed by atoms with Crippen LogP contribution in [-0.2, 0) is 9.84 Å². The molecule has 2 heterocycles. The largest absolute Gasteiger partial charge is 0.368 e. The van der Waals surface area contributed by atoms with Gasteiger partial charge in [0.25, 0.3) is 0 Å². The first-order chi connectivity index (χ1) is 10.9. The lowest BCUT2D eigenvalue weighted by atomic mass is 10.2. The quantitative estimate of drug-likeness (QED) is 0.867. The summed E-state index contributed by atoms with van der Waals surface area (Å²) in [7, 11) is -2.97. The van der Waals surface area contributed by atoms with Crippen molar-refractivity contribution in [1.82, 2.24) is 10.2 Å². The molecule has 0 unspecified atom stereocenters. The molecule has 2 aliphatic rings. The third kappa shape index (κ3) is 4.09. The minimum absolute atomic E-state index is 0.0568. The van der Waals surface area contributed by atoms with Crippen LogP contribution in [-0.4, -0.2) is 63.1 Å². The zero-order valence-corrected chi connectivity index (χ0v) is 14.3. The highest BCUT2D eigenvalue weighted by Crippen LogP contribution is 2.21. The first kappa shape index (κ1) is 16.4. The van der Waals surface area contributed by atoms with Gasteiger partial charge in [-0.3, -0.25) is 0 Å². The molecule has 126 valence electrons. The maximum Gasteiger partial charge on any atom is 0.317 e. The molecule has 23 heavy (non-hydrogen) atoms. The second-order valence-corrected chi connectivity index (χ2v) is 8.67. The first-order valence-electron chi connectivity index (χ1n) is 7.69. The Morgan fingerprint density at radius 1 is 1.22 bits per heavy atom. The topological polar surface area (TPSA) is 69.7 Å². The van der Waals surface area contributed by atoms with E-state index in [2.05, 4.69) is 10.2 Å². The van der Waals surface area contributed by atoms with Gasteiger partial charge in [-0.25, -0.2) is 13.2 Å². The summed E-state index contributed by atoms with van der Waals surface area (Å²) in [6.07, 6.45) is 0.510. The molecule has 1 atom stereocenters. The fraction of sp³-hybridized carbons (Fsp3) is 0.533. The predicted molar refractivity (Wildman–Crippen MR) is 90.8 cm³/mol. The summed E-state index contributed by atoms with van der Waals surface area (Å²) >= 11 is 6.01. The molecule has 3 rings (SSSR count). The van der Waals surface area contributed by atoms with Crippen LogP contribution in [0.3, 0.4) is 0 Å². The van der Waals surface area contributed by atoms with Gasteiger partial charge < -0.3 is 15.1 Å². The molecule has 8 heteroatoms. The number of benzene rings is 1. The molecule has 2 aliphatic heterocycles. The number of anilines is 1. The van der Waals surface area contributed by atoms with E-state index >= 15 is 0 Å². The van der Waals surface area contributed by atoms with Crippen LogP contribution in [0.2, 0.25) is 5.02 Å². The van der Waals surface area contributed by atoms with Crippen molar-refractivity contribution in [2.75, 3.05) is 42.6 Å². The molecule has 6 nitrogen and oxygen atoms in total. The first-order valence-corrected chi connectivity index (χ1v) is 9.89. The molecule has 2 amide bonds. The highest BCUT2D eigenvalue weighted by molar-refractivity contribution is 7.91. The van der Waals surface area contributed by atoms with Crippen LogP contribution < -0.4 is 10.2 Å². The number of amides is 2. The van der Waals surface area contributed by atoms with Crippen molar-refractivity contribution in [2.45, 2.75) is 12.5 Å². The van der Waals surface area contributed by atoms with Crippen LogP contribution in [0, 0.1) is 0 Å². The molecule has 1 N–H and O–H groups in total. The molecular formula is C15H20ClN3O3S. The molecule has 1 aromatic carbocycles. The molecule has 0 radical (unpaired) electrons. The van der Waals surface area contributed by atoms with Crippen LogP contribution in [0.5, 0.6) is 0 Å². The van der Waals surface area contributed by atoms with Gasteiger partial charge >= 0.3 is 6.03 Å². The van der Waals surface area contributed by atoms with E-state index in [9.17, 15) is 13.2 Å². The predicted octanol–water partition coefficient (Wildman–Crippen LogP) is 1.36. The maximum absolute atomic E-state index is 12.2. The molecular weight excluding hydrogens is 338 g/mol. The molecule has 2 fully saturated rings. The number of sulfone groups is 1. The molecule has 1 aromatic rings. The number of carbonyl (C=O) groups is 1. The number of carbonyl (C=O) groups excluding carboxylic acids is 1. The molecule has 2 saturated heterocycles. The summed E-state index contributed by atoms with van der Waals surface area (Å²) in [5.74, 6) is 0.224. The highest BCUT2D eigenvalue weighted by Gasteiger charge is 2.30. The van der Waals surface area contributed by atoms with Gasteiger partial charge in [0, 0.05) is 42.9 Å². The van der Waals surface area contributed by atoms with E-state index in [0.717, 1.165) is 18.8 Å². The van der Waals surface area contributed by atoms with Gasteiger partial charge in [-0.15, -0.1) is 0 Å². The molecule has 0 saturated carbocycles. The number of urea groups is 1. The van der Waals surface area contributed by atoms with Gasteiger partial charge in [0.1, 0.15) is 0 Å². The SMILES string of the molecule is O=C(N[C@H]1CCS(=O)(=O)C1)N1CCN(c2cccc(Cl)c2)CC1. The smallest absolute Gasteiger partial charge is 0.317 e. The van der Waals surface area contributed by atoms with Crippen LogP contribution in [0.15, 0.2) is 24.3 Å². The van der Waals surface area contributed by atoms with E-state index in [1.807, 2.05) is 24.3 Å². The standard InChI is InChI=1S/C15H20ClN3O3S/c16-12-2-1-3-14(10-12)18-5-7-19(8-6-18)15(20)17-13-4-9-23(21,22)11-13/h1-3,10,13H,4-9,11H2,(H,17,20)/t13-/m0/s1. The molecule has 0 bridgehead atoms. The zero-order chi connectivity index (χ0) is 16.4. The van der Waals surface area contributed by atoms with Crippen LogP contribution >= 0.6 is 11.6 Å². The van der Waals surface area contributed by atoms with Gasteiger partial charge in [0.2, 0.25) is 0 Å². The second-order valence-electron chi connectivity index (χ2n) is 6.00. The number of nitrogens with zero attached hydrogens (tertiary/aromatic N) is 2. The van der Waals surface area contributed by atoms with E-state index in [4.69, 9.17) is 11.6 Å². The Hall–Kier alpha value is -1.47. The number of hydrogen-bond acceptors (Lipinski definition) is 4. The number of halogens is 1. The van der Waals surface area contributed by atoms with Crippen LogP contribution in [0.25, 0.3) is 0 Å². The van der Waals surface area contributed by atoms with Crippen molar-refractivity contribution >= 4 is 33.2 Å². The van der Waals surface area contributed by atoms with E-state index < -0.39 is 9.84 Å². The fourth-order valence-electron chi connectivity index (χ4n) is 3.02. The summed E-state index contributed by atoms with van der Waals surface area (Å²) in [5.41, 5.74) is 1.06. The lowest BCUT2D eigenvalue weighted by Crippen LogP contribution is -2.53. The monoisotopic (exact) mass is 357 g/mol. The summed E-state index contributed by atoms with van der Waals surface area (Å²) < 4.78 is 22.9. The summed E-state index contributed by atoms with van der Waals surface area (Å²) in [4.78, 5) is 16.2. The van der Waals surface area contributed by atoms with Gasteiger partial charge in [0.05, 0.1) is 11.5 Å². The average molecular weight is 358 g/mol. The van der Waals surface area contributed by atoms with Crippen LogP contribution in [0.1, 0.15) is 6.42 Å². The van der Waals surface area contributed by atoms with Gasteiger partial charge in [0.15, 0.2) is 9.84 Å². The zero-order valence-electron chi connectivity index (χ0n) is 12.7. The third-order valence-corrected chi connectivity index (χ3v) is 6.30. The van der Waals surface area contributed by atoms with E-state index in [1.165, 1.54) is 0 Å². The minimum atomic E-state index is -2.97. The van der Waals surface area contributed by atoms with E-state index in [0.29, 0.717) is 24.5 Å². The number of piperazine rings is 1. The Balaban J connectivity index is 1.51. The number of rotatable bonds is 2. The molecule has 0 spiro atoms. The Labute approximate surface area is 141 Å². The normalized spacial score (nSPS) is 23.8. The summed E-state index contributed by atoms with van der Waals surface area (Å²) in [6.45, 7) is 2.68. The highest BCUT2D eigenvalue weighted by atomic mass is 35.5. The molecule has 0 aliphatic carbocycles. The van der Waals surface area contributed by atoms with Crippen molar-refractivity contribution in [1.29, 1.82) is 0 Å². The summed E-state index contributed by atoms with van der Waals surface area (Å²) in [5, 5.41) is 3.54. The van der Waals surface area contributed by atoms with Crippen molar-refractivity contribution in [3.05, 3.63) is 29.3 Å². The lowest BCUT2D eigenvalue weighted by molar-refractivity contribution is 0.191. The third-order valence-electron chi connectivity index (χ3n) is 4.30. The Morgan fingerprint density at radius 2 is 1.96 bits per heavy atom. The summed E-state index contributed by atoms with van der Waals surface area (Å²) in [6, 6.07) is 7.25.